The number of nitrogens with two attached hydrogens (primary N) is 1. The SMILES string of the molecule is NCCCN[P+](c1ccccc1)(c1ccccc1)c1ccccc1. The third-order valence-corrected chi connectivity index (χ3v) is 8.08. The van der Waals surface area contributed by atoms with Crippen molar-refractivity contribution in [1.82, 2.24) is 5.09 Å². The minimum atomic E-state index is -1.89. The van der Waals surface area contributed by atoms with Gasteiger partial charge in [0.1, 0.15) is 15.9 Å². The van der Waals surface area contributed by atoms with Crippen molar-refractivity contribution in [1.29, 1.82) is 0 Å². The lowest BCUT2D eigenvalue weighted by molar-refractivity contribution is 0.803. The van der Waals surface area contributed by atoms with E-state index in [-0.39, 0.29) is 0 Å². The fourth-order valence-corrected chi connectivity index (χ4v) is 6.82. The van der Waals surface area contributed by atoms with E-state index in [1.165, 1.54) is 15.9 Å². The Morgan fingerprint density at radius 1 is 0.625 bits per heavy atom. The molecule has 0 unspecified atom stereocenters. The van der Waals surface area contributed by atoms with E-state index < -0.39 is 7.41 Å². The Labute approximate surface area is 145 Å². The molecule has 0 aliphatic carbocycles. The number of hydrogen-bond donors (Lipinski definition) is 2. The zero-order chi connectivity index (χ0) is 16.7. The summed E-state index contributed by atoms with van der Waals surface area (Å²) in [6.45, 7) is 1.61. The maximum Gasteiger partial charge on any atom is 0.178 e. The maximum absolute atomic E-state index is 5.75. The van der Waals surface area contributed by atoms with Crippen LogP contribution in [0.4, 0.5) is 0 Å². The van der Waals surface area contributed by atoms with Gasteiger partial charge in [0.05, 0.1) is 0 Å². The highest BCUT2D eigenvalue weighted by molar-refractivity contribution is 7.94. The van der Waals surface area contributed by atoms with E-state index in [1.54, 1.807) is 0 Å². The predicted molar refractivity (Wildman–Crippen MR) is 107 cm³/mol. The van der Waals surface area contributed by atoms with Crippen LogP contribution < -0.4 is 26.7 Å². The van der Waals surface area contributed by atoms with Gasteiger partial charge in [-0.1, -0.05) is 54.6 Å². The molecule has 3 rings (SSSR count). The monoisotopic (exact) mass is 335 g/mol. The molecule has 0 fully saturated rings. The van der Waals surface area contributed by atoms with Crippen molar-refractivity contribution in [2.24, 2.45) is 5.73 Å². The van der Waals surface area contributed by atoms with Crippen LogP contribution in [0.5, 0.6) is 0 Å². The van der Waals surface area contributed by atoms with Crippen molar-refractivity contribution in [3.05, 3.63) is 91.0 Å². The topological polar surface area (TPSA) is 38.0 Å². The molecular formula is C21H24N2P+. The molecule has 3 aromatic rings. The van der Waals surface area contributed by atoms with Crippen molar-refractivity contribution in [3.8, 4) is 0 Å². The normalized spacial score (nSPS) is 11.4. The van der Waals surface area contributed by atoms with Gasteiger partial charge in [-0.2, -0.15) is 5.09 Å². The molecule has 0 aromatic heterocycles. The summed E-state index contributed by atoms with van der Waals surface area (Å²) >= 11 is 0. The molecule has 24 heavy (non-hydrogen) atoms. The molecule has 3 N–H and O–H groups in total. The first-order chi connectivity index (χ1) is 11.9. The lowest BCUT2D eigenvalue weighted by Crippen LogP contribution is -2.41. The molecule has 0 aliphatic heterocycles. The molecule has 0 saturated carbocycles. The van der Waals surface area contributed by atoms with Crippen molar-refractivity contribution in [2.75, 3.05) is 13.1 Å². The van der Waals surface area contributed by atoms with E-state index in [0.717, 1.165) is 13.0 Å². The number of nitrogens with one attached hydrogen (secondary N) is 1. The number of benzene rings is 3. The van der Waals surface area contributed by atoms with Crippen molar-refractivity contribution in [2.45, 2.75) is 6.42 Å². The second kappa shape index (κ2) is 8.21. The molecule has 0 spiro atoms. The van der Waals surface area contributed by atoms with Crippen LogP contribution in [0.15, 0.2) is 91.0 Å². The molecule has 0 aliphatic rings. The summed E-state index contributed by atoms with van der Waals surface area (Å²) in [5, 5.41) is 7.95. The molecule has 122 valence electrons. The van der Waals surface area contributed by atoms with Crippen molar-refractivity contribution in [3.63, 3.8) is 0 Å². The van der Waals surface area contributed by atoms with Crippen molar-refractivity contribution >= 4 is 23.3 Å². The quantitative estimate of drug-likeness (QED) is 0.515. The number of hydrogen-bond acceptors (Lipinski definition) is 2. The van der Waals surface area contributed by atoms with Gasteiger partial charge in [-0.15, -0.1) is 0 Å². The second-order valence-electron chi connectivity index (χ2n) is 5.73. The average Bonchev–Trinajstić information content (AvgIpc) is 2.68. The van der Waals surface area contributed by atoms with E-state index >= 15 is 0 Å². The van der Waals surface area contributed by atoms with Crippen LogP contribution in [-0.4, -0.2) is 13.1 Å². The minimum Gasteiger partial charge on any atom is -0.330 e. The third-order valence-electron chi connectivity index (χ3n) is 4.16. The first-order valence-corrected chi connectivity index (χ1v) is 10.2. The average molecular weight is 335 g/mol. The van der Waals surface area contributed by atoms with Gasteiger partial charge >= 0.3 is 0 Å². The molecule has 0 heterocycles. The van der Waals surface area contributed by atoms with Crippen molar-refractivity contribution < 1.29 is 0 Å². The third kappa shape index (κ3) is 3.42. The number of rotatable bonds is 7. The van der Waals surface area contributed by atoms with Gasteiger partial charge in [-0.25, -0.2) is 0 Å². The van der Waals surface area contributed by atoms with Gasteiger partial charge in [0.25, 0.3) is 0 Å². The first kappa shape index (κ1) is 16.9. The van der Waals surface area contributed by atoms with Gasteiger partial charge in [0.15, 0.2) is 7.41 Å². The van der Waals surface area contributed by atoms with Crippen LogP contribution in [0.3, 0.4) is 0 Å². The zero-order valence-corrected chi connectivity index (χ0v) is 14.7. The van der Waals surface area contributed by atoms with Crippen LogP contribution in [0, 0.1) is 0 Å². The molecule has 3 aromatic carbocycles. The summed E-state index contributed by atoms with van der Waals surface area (Å²) in [7, 11) is -1.89. The summed E-state index contributed by atoms with van der Waals surface area (Å²) < 4.78 is 0. The maximum atomic E-state index is 5.75. The molecule has 0 radical (unpaired) electrons. The molecule has 0 bridgehead atoms. The molecule has 0 saturated heterocycles. The second-order valence-corrected chi connectivity index (χ2v) is 8.93. The summed E-state index contributed by atoms with van der Waals surface area (Å²) in [5.74, 6) is 0. The van der Waals surface area contributed by atoms with Crippen LogP contribution in [0.2, 0.25) is 0 Å². The van der Waals surface area contributed by atoms with Gasteiger partial charge in [-0.3, -0.25) is 0 Å². The Morgan fingerprint density at radius 2 is 1.00 bits per heavy atom. The van der Waals surface area contributed by atoms with Gasteiger partial charge in [0.2, 0.25) is 0 Å². The highest BCUT2D eigenvalue weighted by atomic mass is 31.2. The van der Waals surface area contributed by atoms with Gasteiger partial charge in [0, 0.05) is 6.54 Å². The molecule has 0 atom stereocenters. The fraction of sp³-hybridized carbons (Fsp3) is 0.143. The van der Waals surface area contributed by atoms with Crippen LogP contribution in [0.25, 0.3) is 0 Å². The van der Waals surface area contributed by atoms with Gasteiger partial charge in [-0.05, 0) is 49.4 Å². The molecule has 3 heteroatoms. The van der Waals surface area contributed by atoms with E-state index in [4.69, 9.17) is 5.73 Å². The predicted octanol–water partition coefficient (Wildman–Crippen LogP) is 2.83. The molecular weight excluding hydrogens is 311 g/mol. The van der Waals surface area contributed by atoms with E-state index in [9.17, 15) is 0 Å². The largest absolute Gasteiger partial charge is 0.330 e. The Balaban J connectivity index is 2.20. The highest BCUT2D eigenvalue weighted by Crippen LogP contribution is 2.50. The van der Waals surface area contributed by atoms with Gasteiger partial charge < -0.3 is 5.73 Å². The Kier molecular flexibility index (Phi) is 5.77. The van der Waals surface area contributed by atoms with Crippen LogP contribution >= 0.6 is 7.41 Å². The van der Waals surface area contributed by atoms with E-state index in [1.807, 2.05) is 0 Å². The summed E-state index contributed by atoms with van der Waals surface area (Å²) in [5.41, 5.74) is 5.75. The standard InChI is InChI=1S/C21H24N2P/c22-17-10-18-23-24(19-11-4-1-5-12-19,20-13-6-2-7-14-20)21-15-8-3-9-16-21/h1-9,11-16,23H,10,17-18,22H2/q+1. The molecule has 0 amide bonds. The Morgan fingerprint density at radius 3 is 1.33 bits per heavy atom. The first-order valence-electron chi connectivity index (χ1n) is 8.39. The summed E-state index contributed by atoms with van der Waals surface area (Å²) in [6, 6.07) is 32.4. The van der Waals surface area contributed by atoms with Crippen LogP contribution in [-0.2, 0) is 0 Å². The Hall–Kier alpha value is -1.99. The van der Waals surface area contributed by atoms with E-state index in [2.05, 4.69) is 96.1 Å². The zero-order valence-electron chi connectivity index (χ0n) is 13.8. The minimum absolute atomic E-state index is 0.700. The highest BCUT2D eigenvalue weighted by Gasteiger charge is 2.45. The molecule has 2 nitrogen and oxygen atoms in total. The van der Waals surface area contributed by atoms with E-state index in [0.29, 0.717) is 6.54 Å². The fourth-order valence-electron chi connectivity index (χ4n) is 3.02. The lowest BCUT2D eigenvalue weighted by atomic mass is 10.4. The smallest absolute Gasteiger partial charge is 0.178 e. The Bertz CT molecular complexity index is 633. The summed E-state index contributed by atoms with van der Waals surface area (Å²) in [4.78, 5) is 0. The lowest BCUT2D eigenvalue weighted by Gasteiger charge is -2.27. The van der Waals surface area contributed by atoms with Crippen LogP contribution in [0.1, 0.15) is 6.42 Å². The summed E-state index contributed by atoms with van der Waals surface area (Å²) in [6.07, 6.45) is 0.967.